The first-order valence-electron chi connectivity index (χ1n) is 9.39. The molecule has 1 aliphatic heterocycles. The van der Waals surface area contributed by atoms with Gasteiger partial charge in [-0.3, -0.25) is 9.59 Å². The molecule has 138 valence electrons. The molecule has 1 saturated heterocycles. The Bertz CT molecular complexity index is 605. The molecule has 1 aromatic carbocycles. The number of likely N-dealkylation sites (tertiary alicyclic amines) is 1. The SMILES string of the molecule is CCN(CC)c1ccc(N(CC(=O)N2CCCCC2)C(C)=O)c(C)c1. The molecule has 0 N–H and O–H groups in total. The van der Waals surface area contributed by atoms with Crippen LogP contribution in [0, 0.1) is 6.92 Å². The van der Waals surface area contributed by atoms with Gasteiger partial charge in [-0.2, -0.15) is 0 Å². The van der Waals surface area contributed by atoms with E-state index >= 15 is 0 Å². The maximum absolute atomic E-state index is 12.6. The maximum Gasteiger partial charge on any atom is 0.242 e. The van der Waals surface area contributed by atoms with Crippen molar-refractivity contribution < 1.29 is 9.59 Å². The zero-order chi connectivity index (χ0) is 18.4. The lowest BCUT2D eigenvalue weighted by atomic mass is 10.1. The molecule has 0 bridgehead atoms. The first-order chi connectivity index (χ1) is 12.0. The van der Waals surface area contributed by atoms with Gasteiger partial charge in [-0.1, -0.05) is 0 Å². The molecule has 0 aliphatic carbocycles. The van der Waals surface area contributed by atoms with Crippen molar-refractivity contribution in [3.05, 3.63) is 23.8 Å². The summed E-state index contributed by atoms with van der Waals surface area (Å²) in [5.74, 6) is -0.0498. The fraction of sp³-hybridized carbons (Fsp3) is 0.600. The topological polar surface area (TPSA) is 43.9 Å². The van der Waals surface area contributed by atoms with Gasteiger partial charge < -0.3 is 14.7 Å². The Labute approximate surface area is 151 Å². The van der Waals surface area contributed by atoms with E-state index < -0.39 is 0 Å². The van der Waals surface area contributed by atoms with Gasteiger partial charge in [-0.25, -0.2) is 0 Å². The number of amides is 2. The molecule has 1 heterocycles. The van der Waals surface area contributed by atoms with Crippen LogP contribution in [-0.4, -0.2) is 49.4 Å². The van der Waals surface area contributed by atoms with Gasteiger partial charge in [-0.05, 0) is 63.8 Å². The summed E-state index contributed by atoms with van der Waals surface area (Å²) in [7, 11) is 0. The number of anilines is 2. The van der Waals surface area contributed by atoms with Gasteiger partial charge in [0.05, 0.1) is 0 Å². The van der Waals surface area contributed by atoms with Crippen LogP contribution in [0.4, 0.5) is 11.4 Å². The third-order valence-electron chi connectivity index (χ3n) is 4.98. The van der Waals surface area contributed by atoms with Crippen molar-refractivity contribution in [3.8, 4) is 0 Å². The highest BCUT2D eigenvalue weighted by atomic mass is 16.2. The van der Waals surface area contributed by atoms with Gasteiger partial charge in [0, 0.05) is 44.5 Å². The highest BCUT2D eigenvalue weighted by Crippen LogP contribution is 2.26. The van der Waals surface area contributed by atoms with E-state index in [-0.39, 0.29) is 18.4 Å². The number of carbonyl (C=O) groups excluding carboxylic acids is 2. The fourth-order valence-corrected chi connectivity index (χ4v) is 3.47. The molecule has 0 radical (unpaired) electrons. The van der Waals surface area contributed by atoms with Crippen molar-refractivity contribution in [3.63, 3.8) is 0 Å². The van der Waals surface area contributed by atoms with Crippen molar-refractivity contribution in [2.24, 2.45) is 0 Å². The lowest BCUT2D eigenvalue weighted by Crippen LogP contribution is -2.44. The lowest BCUT2D eigenvalue weighted by molar-refractivity contribution is -0.132. The number of hydrogen-bond acceptors (Lipinski definition) is 3. The van der Waals surface area contributed by atoms with Crippen molar-refractivity contribution in [1.29, 1.82) is 0 Å². The van der Waals surface area contributed by atoms with E-state index in [1.807, 2.05) is 24.0 Å². The number of carbonyl (C=O) groups is 2. The second-order valence-corrected chi connectivity index (χ2v) is 6.69. The van der Waals surface area contributed by atoms with E-state index in [4.69, 9.17) is 0 Å². The Morgan fingerprint density at radius 2 is 1.72 bits per heavy atom. The van der Waals surface area contributed by atoms with E-state index in [0.717, 1.165) is 56.0 Å². The van der Waals surface area contributed by atoms with Gasteiger partial charge >= 0.3 is 0 Å². The van der Waals surface area contributed by atoms with Gasteiger partial charge in [0.2, 0.25) is 11.8 Å². The van der Waals surface area contributed by atoms with Crippen LogP contribution in [0.15, 0.2) is 18.2 Å². The van der Waals surface area contributed by atoms with Gasteiger partial charge in [0.1, 0.15) is 6.54 Å². The molecule has 2 amide bonds. The molecular weight excluding hydrogens is 314 g/mol. The molecular formula is C20H31N3O2. The van der Waals surface area contributed by atoms with Crippen LogP contribution in [0.5, 0.6) is 0 Å². The summed E-state index contributed by atoms with van der Waals surface area (Å²) in [6.07, 6.45) is 3.30. The van der Waals surface area contributed by atoms with Gasteiger partial charge in [-0.15, -0.1) is 0 Å². The van der Waals surface area contributed by atoms with E-state index in [1.165, 1.54) is 13.3 Å². The zero-order valence-electron chi connectivity index (χ0n) is 16.0. The summed E-state index contributed by atoms with van der Waals surface area (Å²) in [6.45, 7) is 11.4. The second-order valence-electron chi connectivity index (χ2n) is 6.69. The second kappa shape index (κ2) is 8.88. The predicted molar refractivity (Wildman–Crippen MR) is 103 cm³/mol. The Hall–Kier alpha value is -2.04. The number of hydrogen-bond donors (Lipinski definition) is 0. The Morgan fingerprint density at radius 3 is 2.24 bits per heavy atom. The standard InChI is InChI=1S/C20H31N3O2/c1-5-21(6-2)18-10-11-19(16(3)14-18)23(17(4)24)15-20(25)22-12-8-7-9-13-22/h10-11,14H,5-9,12-13,15H2,1-4H3. The summed E-state index contributed by atoms with van der Waals surface area (Å²) >= 11 is 0. The quantitative estimate of drug-likeness (QED) is 0.795. The molecule has 5 heteroatoms. The average Bonchev–Trinajstić information content (AvgIpc) is 2.61. The van der Waals surface area contributed by atoms with Crippen LogP contribution in [0.2, 0.25) is 0 Å². The number of piperidine rings is 1. The molecule has 5 nitrogen and oxygen atoms in total. The zero-order valence-corrected chi connectivity index (χ0v) is 16.0. The van der Waals surface area contributed by atoms with E-state index in [9.17, 15) is 9.59 Å². The van der Waals surface area contributed by atoms with E-state index in [2.05, 4.69) is 24.8 Å². The minimum atomic E-state index is -0.0935. The molecule has 1 aromatic rings. The van der Waals surface area contributed by atoms with Crippen molar-refractivity contribution >= 4 is 23.2 Å². The largest absolute Gasteiger partial charge is 0.372 e. The van der Waals surface area contributed by atoms with Crippen molar-refractivity contribution in [1.82, 2.24) is 4.90 Å². The highest BCUT2D eigenvalue weighted by Gasteiger charge is 2.23. The van der Waals surface area contributed by atoms with Crippen molar-refractivity contribution in [2.75, 3.05) is 42.5 Å². The van der Waals surface area contributed by atoms with Gasteiger partial charge in [0.25, 0.3) is 0 Å². The Morgan fingerprint density at radius 1 is 1.08 bits per heavy atom. The van der Waals surface area contributed by atoms with Crippen LogP contribution < -0.4 is 9.80 Å². The molecule has 0 atom stereocenters. The van der Waals surface area contributed by atoms with E-state index in [1.54, 1.807) is 4.90 Å². The molecule has 1 aliphatic rings. The van der Waals surface area contributed by atoms with E-state index in [0.29, 0.717) is 0 Å². The van der Waals surface area contributed by atoms with Crippen LogP contribution in [0.25, 0.3) is 0 Å². The number of benzene rings is 1. The average molecular weight is 345 g/mol. The van der Waals surface area contributed by atoms with Crippen LogP contribution in [-0.2, 0) is 9.59 Å². The summed E-state index contributed by atoms with van der Waals surface area (Å²) in [5.41, 5.74) is 3.00. The van der Waals surface area contributed by atoms with Crippen LogP contribution in [0.1, 0.15) is 45.6 Å². The summed E-state index contributed by atoms with van der Waals surface area (Å²) < 4.78 is 0. The minimum absolute atomic E-state index is 0.0436. The highest BCUT2D eigenvalue weighted by molar-refractivity contribution is 5.98. The first kappa shape index (κ1) is 19.3. The number of rotatable bonds is 6. The molecule has 0 spiro atoms. The van der Waals surface area contributed by atoms with Gasteiger partial charge in [0.15, 0.2) is 0 Å². The Balaban J connectivity index is 2.19. The van der Waals surface area contributed by atoms with Crippen LogP contribution >= 0.6 is 0 Å². The van der Waals surface area contributed by atoms with Crippen LogP contribution in [0.3, 0.4) is 0 Å². The molecule has 0 aromatic heterocycles. The fourth-order valence-electron chi connectivity index (χ4n) is 3.47. The molecule has 0 unspecified atom stereocenters. The first-order valence-corrected chi connectivity index (χ1v) is 9.39. The minimum Gasteiger partial charge on any atom is -0.372 e. The Kier molecular flexibility index (Phi) is 6.85. The summed E-state index contributed by atoms with van der Waals surface area (Å²) in [4.78, 5) is 30.5. The van der Waals surface area contributed by atoms with Crippen molar-refractivity contribution in [2.45, 2.75) is 47.0 Å². The molecule has 2 rings (SSSR count). The third-order valence-corrected chi connectivity index (χ3v) is 4.98. The summed E-state index contributed by atoms with van der Waals surface area (Å²) in [5, 5.41) is 0. The normalized spacial score (nSPS) is 14.3. The molecule has 1 fully saturated rings. The smallest absolute Gasteiger partial charge is 0.242 e. The predicted octanol–water partition coefficient (Wildman–Crippen LogP) is 3.21. The lowest BCUT2D eigenvalue weighted by Gasteiger charge is -2.30. The molecule has 25 heavy (non-hydrogen) atoms. The maximum atomic E-state index is 12.6. The third kappa shape index (κ3) is 4.74. The number of aryl methyl sites for hydroxylation is 1. The molecule has 0 saturated carbocycles. The number of nitrogens with zero attached hydrogens (tertiary/aromatic N) is 3. The summed E-state index contributed by atoms with van der Waals surface area (Å²) in [6, 6.07) is 6.11. The monoisotopic (exact) mass is 345 g/mol.